The molecular weight excluding hydrogens is 332 g/mol. The van der Waals surface area contributed by atoms with Crippen molar-refractivity contribution in [2.75, 3.05) is 25.4 Å². The first kappa shape index (κ1) is 16.7. The molecule has 1 spiro atoms. The first-order valence-corrected chi connectivity index (χ1v) is 10.1. The Bertz CT molecular complexity index is 676. The average Bonchev–Trinajstić information content (AvgIpc) is 3.43. The third kappa shape index (κ3) is 3.47. The van der Waals surface area contributed by atoms with Crippen LogP contribution in [-0.2, 0) is 9.59 Å². The molecule has 4 nitrogen and oxygen atoms in total. The fraction of sp³-hybridized carbons (Fsp3) is 0.500. The lowest BCUT2D eigenvalue weighted by Crippen LogP contribution is -2.53. The molecule has 2 aliphatic heterocycles. The van der Waals surface area contributed by atoms with Gasteiger partial charge in [0, 0.05) is 37.4 Å². The Morgan fingerprint density at radius 2 is 1.80 bits per heavy atom. The number of hydrogen-bond donors (Lipinski definition) is 0. The smallest absolute Gasteiger partial charge is 0.247 e. The minimum atomic E-state index is -0.113. The Kier molecular flexibility index (Phi) is 4.59. The molecule has 132 valence electrons. The Morgan fingerprint density at radius 3 is 2.48 bits per heavy atom. The second-order valence-corrected chi connectivity index (χ2v) is 8.58. The van der Waals surface area contributed by atoms with E-state index in [0.29, 0.717) is 5.91 Å². The van der Waals surface area contributed by atoms with Crippen LogP contribution in [-0.4, -0.2) is 51.9 Å². The number of carbonyl (C=O) groups is 2. The van der Waals surface area contributed by atoms with Crippen molar-refractivity contribution >= 4 is 29.7 Å². The van der Waals surface area contributed by atoms with Crippen molar-refractivity contribution in [3.63, 3.8) is 0 Å². The molecule has 0 radical (unpaired) electrons. The van der Waals surface area contributed by atoms with Crippen LogP contribution in [0.1, 0.15) is 31.2 Å². The third-order valence-electron chi connectivity index (χ3n) is 5.44. The van der Waals surface area contributed by atoms with Gasteiger partial charge >= 0.3 is 0 Å². The van der Waals surface area contributed by atoms with Crippen molar-refractivity contribution in [2.45, 2.75) is 30.6 Å². The number of amides is 2. The second-order valence-electron chi connectivity index (χ2n) is 7.13. The summed E-state index contributed by atoms with van der Waals surface area (Å²) >= 11 is 1.89. The van der Waals surface area contributed by atoms with Gasteiger partial charge in [0.25, 0.3) is 0 Å². The monoisotopic (exact) mass is 356 g/mol. The molecule has 2 amide bonds. The molecule has 1 aromatic carbocycles. The van der Waals surface area contributed by atoms with Crippen LogP contribution in [0.5, 0.6) is 0 Å². The molecule has 5 heteroatoms. The van der Waals surface area contributed by atoms with Crippen LogP contribution in [0.25, 0.3) is 6.08 Å². The van der Waals surface area contributed by atoms with Gasteiger partial charge in [0.1, 0.15) is 0 Å². The average molecular weight is 356 g/mol. The van der Waals surface area contributed by atoms with E-state index in [9.17, 15) is 9.59 Å². The highest BCUT2D eigenvalue weighted by Crippen LogP contribution is 2.44. The van der Waals surface area contributed by atoms with Crippen LogP contribution in [0, 0.1) is 5.92 Å². The summed E-state index contributed by atoms with van der Waals surface area (Å²) in [5, 5.41) is 0. The molecule has 0 atom stereocenters. The van der Waals surface area contributed by atoms with E-state index in [1.807, 2.05) is 58.0 Å². The molecule has 0 bridgehead atoms. The van der Waals surface area contributed by atoms with E-state index >= 15 is 0 Å². The van der Waals surface area contributed by atoms with E-state index in [1.165, 1.54) is 0 Å². The van der Waals surface area contributed by atoms with Gasteiger partial charge in [-0.1, -0.05) is 30.3 Å². The molecule has 0 aromatic heterocycles. The van der Waals surface area contributed by atoms with Gasteiger partial charge in [0.2, 0.25) is 11.8 Å². The standard InChI is InChI=1S/C20H24N2O2S/c23-18(9-6-16-4-2-1-3-5-16)22-14-15-25-20(22)10-12-21(13-11-20)19(24)17-7-8-17/h1-6,9,17H,7-8,10-15H2/b9-6+. The first-order chi connectivity index (χ1) is 12.2. The van der Waals surface area contributed by atoms with Crippen molar-refractivity contribution in [1.82, 2.24) is 9.80 Å². The van der Waals surface area contributed by atoms with E-state index in [-0.39, 0.29) is 16.7 Å². The largest absolute Gasteiger partial charge is 0.342 e. The summed E-state index contributed by atoms with van der Waals surface area (Å²) in [4.78, 5) is 29.0. The maximum Gasteiger partial charge on any atom is 0.247 e. The zero-order valence-electron chi connectivity index (χ0n) is 14.4. The summed E-state index contributed by atoms with van der Waals surface area (Å²) in [5.41, 5.74) is 1.04. The number of piperidine rings is 1. The number of rotatable bonds is 3. The Balaban J connectivity index is 1.41. The first-order valence-electron chi connectivity index (χ1n) is 9.15. The summed E-state index contributed by atoms with van der Waals surface area (Å²) in [6.45, 7) is 2.38. The van der Waals surface area contributed by atoms with Gasteiger partial charge in [-0.15, -0.1) is 11.8 Å². The zero-order valence-corrected chi connectivity index (χ0v) is 15.2. The molecule has 25 heavy (non-hydrogen) atoms. The fourth-order valence-corrected chi connectivity index (χ4v) is 5.28. The van der Waals surface area contributed by atoms with Crippen LogP contribution < -0.4 is 0 Å². The van der Waals surface area contributed by atoms with Gasteiger partial charge in [0.15, 0.2) is 0 Å². The van der Waals surface area contributed by atoms with E-state index in [0.717, 1.165) is 56.6 Å². The van der Waals surface area contributed by atoms with Crippen LogP contribution in [0.2, 0.25) is 0 Å². The molecule has 1 aromatic rings. The molecule has 4 rings (SSSR count). The summed E-state index contributed by atoms with van der Waals surface area (Å²) in [7, 11) is 0. The van der Waals surface area contributed by atoms with Crippen LogP contribution in [0.3, 0.4) is 0 Å². The number of benzene rings is 1. The lowest BCUT2D eigenvalue weighted by atomic mass is 10.0. The number of nitrogens with zero attached hydrogens (tertiary/aromatic N) is 2. The van der Waals surface area contributed by atoms with Crippen molar-refractivity contribution in [3.05, 3.63) is 42.0 Å². The molecule has 0 N–H and O–H groups in total. The third-order valence-corrected chi connectivity index (χ3v) is 7.00. The Morgan fingerprint density at radius 1 is 1.08 bits per heavy atom. The molecule has 1 saturated carbocycles. The topological polar surface area (TPSA) is 40.6 Å². The lowest BCUT2D eigenvalue weighted by Gasteiger charge is -2.43. The predicted molar refractivity (Wildman–Crippen MR) is 101 cm³/mol. The number of hydrogen-bond acceptors (Lipinski definition) is 3. The van der Waals surface area contributed by atoms with Crippen molar-refractivity contribution in [3.8, 4) is 0 Å². The van der Waals surface area contributed by atoms with Gasteiger partial charge in [0.05, 0.1) is 4.87 Å². The second kappa shape index (κ2) is 6.87. The van der Waals surface area contributed by atoms with E-state index < -0.39 is 0 Å². The fourth-order valence-electron chi connectivity index (χ4n) is 3.82. The molecule has 1 aliphatic carbocycles. The van der Waals surface area contributed by atoms with Gasteiger partial charge in [-0.3, -0.25) is 9.59 Å². The van der Waals surface area contributed by atoms with E-state index in [1.54, 1.807) is 6.08 Å². The minimum absolute atomic E-state index is 0.0934. The normalized spacial score (nSPS) is 22.7. The maximum absolute atomic E-state index is 12.8. The van der Waals surface area contributed by atoms with Crippen LogP contribution >= 0.6 is 11.8 Å². The molecule has 3 fully saturated rings. The molecular formula is C20H24N2O2S. The SMILES string of the molecule is O=C(C1CC1)N1CCC2(CC1)SCCN2C(=O)/C=C/c1ccccc1. The van der Waals surface area contributed by atoms with Crippen molar-refractivity contribution < 1.29 is 9.59 Å². The van der Waals surface area contributed by atoms with Gasteiger partial charge < -0.3 is 9.80 Å². The summed E-state index contributed by atoms with van der Waals surface area (Å²) in [6.07, 6.45) is 7.49. The predicted octanol–water partition coefficient (Wildman–Crippen LogP) is 3.00. The molecule has 3 aliphatic rings. The maximum atomic E-state index is 12.8. The van der Waals surface area contributed by atoms with E-state index in [2.05, 4.69) is 0 Å². The van der Waals surface area contributed by atoms with Crippen LogP contribution in [0.15, 0.2) is 36.4 Å². The highest BCUT2D eigenvalue weighted by Gasteiger charge is 2.47. The Hall–Kier alpha value is -1.75. The quantitative estimate of drug-likeness (QED) is 0.782. The van der Waals surface area contributed by atoms with Crippen LogP contribution in [0.4, 0.5) is 0 Å². The van der Waals surface area contributed by atoms with Gasteiger partial charge in [-0.25, -0.2) is 0 Å². The highest BCUT2D eigenvalue weighted by molar-refractivity contribution is 8.00. The lowest BCUT2D eigenvalue weighted by molar-refractivity contribution is -0.135. The van der Waals surface area contributed by atoms with E-state index in [4.69, 9.17) is 0 Å². The summed E-state index contributed by atoms with van der Waals surface area (Å²) in [5.74, 6) is 1.70. The molecule has 0 unspecified atom stereocenters. The van der Waals surface area contributed by atoms with Crippen molar-refractivity contribution in [2.24, 2.45) is 5.92 Å². The summed E-state index contributed by atoms with van der Waals surface area (Å²) in [6, 6.07) is 9.93. The number of likely N-dealkylation sites (tertiary alicyclic amines) is 1. The summed E-state index contributed by atoms with van der Waals surface area (Å²) < 4.78 is 0. The minimum Gasteiger partial charge on any atom is -0.342 e. The zero-order chi connectivity index (χ0) is 17.3. The Labute approximate surface area is 153 Å². The molecule has 2 heterocycles. The highest BCUT2D eigenvalue weighted by atomic mass is 32.2. The van der Waals surface area contributed by atoms with Gasteiger partial charge in [-0.2, -0.15) is 0 Å². The number of thioether (sulfide) groups is 1. The van der Waals surface area contributed by atoms with Gasteiger partial charge in [-0.05, 0) is 37.3 Å². The molecule has 2 saturated heterocycles. The number of carbonyl (C=O) groups excluding carboxylic acids is 2. The van der Waals surface area contributed by atoms with Crippen molar-refractivity contribution in [1.29, 1.82) is 0 Å².